The van der Waals surface area contributed by atoms with Crippen LogP contribution in [0, 0.1) is 0 Å². The summed E-state index contributed by atoms with van der Waals surface area (Å²) in [5, 5.41) is 18.0. The van der Waals surface area contributed by atoms with E-state index in [-0.39, 0.29) is 40.9 Å². The van der Waals surface area contributed by atoms with E-state index in [1.54, 1.807) is 12.1 Å². The molecule has 3 nitrogen and oxygen atoms in total. The minimum absolute atomic E-state index is 0. The van der Waals surface area contributed by atoms with E-state index in [0.717, 1.165) is 0 Å². The molecular weight excluding hydrogens is 179 g/mol. The second-order valence-electron chi connectivity index (χ2n) is 2.47. The van der Waals surface area contributed by atoms with Gasteiger partial charge in [-0.3, -0.25) is 0 Å². The molecule has 0 bridgehead atoms. The summed E-state index contributed by atoms with van der Waals surface area (Å²) in [5.41, 5.74) is 0.629. The van der Waals surface area contributed by atoms with E-state index in [2.05, 4.69) is 0 Å². The number of benzene rings is 1. The van der Waals surface area contributed by atoms with Crippen molar-refractivity contribution >= 4 is 35.5 Å². The van der Waals surface area contributed by atoms with Gasteiger partial charge in [-0.05, 0) is 18.1 Å². The summed E-state index contributed by atoms with van der Waals surface area (Å²) < 4.78 is 0. The third-order valence-corrected chi connectivity index (χ3v) is 1.73. The van der Waals surface area contributed by atoms with Crippen LogP contribution in [0.5, 0.6) is 5.75 Å². The summed E-state index contributed by atoms with van der Waals surface area (Å²) in [6.07, 6.45) is 0.632. The van der Waals surface area contributed by atoms with Crippen LogP contribution in [0.25, 0.3) is 0 Å². The fourth-order valence-corrected chi connectivity index (χ4v) is 1.05. The van der Waals surface area contributed by atoms with Crippen LogP contribution in [0.1, 0.15) is 22.8 Å². The molecule has 0 radical (unpaired) electrons. The Labute approximate surface area is 98.7 Å². The van der Waals surface area contributed by atoms with Gasteiger partial charge in [0.05, 0.1) is 0 Å². The fourth-order valence-electron chi connectivity index (χ4n) is 1.05. The molecule has 4 heteroatoms. The van der Waals surface area contributed by atoms with E-state index in [1.165, 1.54) is 6.07 Å². The molecule has 0 saturated heterocycles. The zero-order valence-corrected chi connectivity index (χ0v) is 6.74. The van der Waals surface area contributed by atoms with Crippen LogP contribution < -0.4 is 0 Å². The molecule has 0 atom stereocenters. The molecule has 66 valence electrons. The summed E-state index contributed by atoms with van der Waals surface area (Å²) in [5.74, 6) is -1.21. The van der Waals surface area contributed by atoms with Gasteiger partial charge in [-0.1, -0.05) is 19.1 Å². The first kappa shape index (κ1) is 12.5. The van der Waals surface area contributed by atoms with Crippen LogP contribution in [-0.4, -0.2) is 45.7 Å². The number of phenols is 1. The van der Waals surface area contributed by atoms with Gasteiger partial charge in [0.2, 0.25) is 0 Å². The van der Waals surface area contributed by atoms with Gasteiger partial charge in [-0.2, -0.15) is 0 Å². The van der Waals surface area contributed by atoms with Crippen molar-refractivity contribution in [3.8, 4) is 5.75 Å². The Morgan fingerprint density at radius 2 is 2.08 bits per heavy atom. The van der Waals surface area contributed by atoms with Crippen LogP contribution in [0.2, 0.25) is 0 Å². The quantitative estimate of drug-likeness (QED) is 0.684. The number of hydrogen-bond acceptors (Lipinski definition) is 2. The number of carbonyl (C=O) groups is 1. The average Bonchev–Trinajstić information content (AvgIpc) is 2.04. The normalized spacial score (nSPS) is 9.00. The maximum atomic E-state index is 10.5. The summed E-state index contributed by atoms with van der Waals surface area (Å²) in [4.78, 5) is 10.5. The SMILES string of the molecule is CCc1cccc(C(=O)O)c1O.[NaH]. The van der Waals surface area contributed by atoms with E-state index in [0.29, 0.717) is 12.0 Å². The van der Waals surface area contributed by atoms with Crippen molar-refractivity contribution < 1.29 is 15.0 Å². The van der Waals surface area contributed by atoms with Gasteiger partial charge >= 0.3 is 35.5 Å². The molecular formula is C9H11NaO3. The van der Waals surface area contributed by atoms with E-state index in [9.17, 15) is 9.90 Å². The van der Waals surface area contributed by atoms with Crippen LogP contribution in [0.4, 0.5) is 0 Å². The van der Waals surface area contributed by atoms with E-state index >= 15 is 0 Å². The Kier molecular flexibility index (Phi) is 5.06. The second-order valence-corrected chi connectivity index (χ2v) is 2.47. The summed E-state index contributed by atoms with van der Waals surface area (Å²) in [6.45, 7) is 1.86. The van der Waals surface area contributed by atoms with Crippen molar-refractivity contribution in [1.82, 2.24) is 0 Å². The molecule has 0 fully saturated rings. The molecule has 2 N–H and O–H groups in total. The molecule has 0 unspecified atom stereocenters. The van der Waals surface area contributed by atoms with Gasteiger partial charge in [0.25, 0.3) is 0 Å². The minimum atomic E-state index is -1.09. The van der Waals surface area contributed by atoms with Crippen LogP contribution in [0.3, 0.4) is 0 Å². The number of aryl methyl sites for hydroxylation is 1. The van der Waals surface area contributed by atoms with Crippen molar-refractivity contribution in [2.45, 2.75) is 13.3 Å². The van der Waals surface area contributed by atoms with E-state index in [1.807, 2.05) is 6.92 Å². The number of aromatic hydroxyl groups is 1. The standard InChI is InChI=1S/C9H10O3.Na.H/c1-2-6-4-3-5-7(8(6)10)9(11)12;;/h3-5,10H,2H2,1H3,(H,11,12);;. The maximum absolute atomic E-state index is 10.5. The number of carboxylic acid groups (broad SMARTS) is 1. The van der Waals surface area contributed by atoms with Crippen molar-refractivity contribution in [1.29, 1.82) is 0 Å². The molecule has 1 aromatic rings. The first-order valence-corrected chi connectivity index (χ1v) is 3.71. The molecule has 0 aliphatic carbocycles. The number of rotatable bonds is 2. The Hall–Kier alpha value is -0.510. The number of carboxylic acids is 1. The zero-order chi connectivity index (χ0) is 9.14. The molecule has 1 aromatic carbocycles. The molecule has 0 spiro atoms. The number of hydrogen-bond donors (Lipinski definition) is 2. The summed E-state index contributed by atoms with van der Waals surface area (Å²) in [6, 6.07) is 4.72. The second kappa shape index (κ2) is 5.27. The van der Waals surface area contributed by atoms with E-state index < -0.39 is 5.97 Å². The molecule has 1 rings (SSSR count). The first-order chi connectivity index (χ1) is 5.66. The molecule has 0 aromatic heterocycles. The van der Waals surface area contributed by atoms with Crippen molar-refractivity contribution in [2.24, 2.45) is 0 Å². The predicted molar refractivity (Wildman–Crippen MR) is 51.6 cm³/mol. The van der Waals surface area contributed by atoms with Gasteiger partial charge in [-0.25, -0.2) is 4.79 Å². The van der Waals surface area contributed by atoms with Crippen LogP contribution >= 0.6 is 0 Å². The topological polar surface area (TPSA) is 57.5 Å². The van der Waals surface area contributed by atoms with Crippen LogP contribution in [-0.2, 0) is 6.42 Å². The third kappa shape index (κ3) is 2.72. The average molecular weight is 190 g/mol. The number of aromatic carboxylic acids is 1. The Balaban J connectivity index is 0.00000144. The molecule has 0 heterocycles. The Morgan fingerprint density at radius 3 is 2.54 bits per heavy atom. The Morgan fingerprint density at radius 1 is 1.46 bits per heavy atom. The zero-order valence-electron chi connectivity index (χ0n) is 6.74. The molecule has 0 aliphatic rings. The first-order valence-electron chi connectivity index (χ1n) is 3.71. The fraction of sp³-hybridized carbons (Fsp3) is 0.222. The third-order valence-electron chi connectivity index (χ3n) is 1.73. The number of para-hydroxylation sites is 1. The van der Waals surface area contributed by atoms with E-state index in [4.69, 9.17) is 5.11 Å². The monoisotopic (exact) mass is 190 g/mol. The van der Waals surface area contributed by atoms with Gasteiger partial charge in [0.15, 0.2) is 0 Å². The van der Waals surface area contributed by atoms with Gasteiger partial charge in [0.1, 0.15) is 11.3 Å². The summed E-state index contributed by atoms with van der Waals surface area (Å²) >= 11 is 0. The molecule has 13 heavy (non-hydrogen) atoms. The molecule has 0 saturated carbocycles. The van der Waals surface area contributed by atoms with Crippen molar-refractivity contribution in [2.75, 3.05) is 0 Å². The summed E-state index contributed by atoms with van der Waals surface area (Å²) in [7, 11) is 0. The molecule has 0 amide bonds. The molecule has 0 aliphatic heterocycles. The van der Waals surface area contributed by atoms with Gasteiger partial charge in [0, 0.05) is 0 Å². The Bertz CT molecular complexity index is 310. The predicted octanol–water partition coefficient (Wildman–Crippen LogP) is 1.00. The van der Waals surface area contributed by atoms with Crippen molar-refractivity contribution in [3.05, 3.63) is 29.3 Å². The van der Waals surface area contributed by atoms with Crippen molar-refractivity contribution in [3.63, 3.8) is 0 Å². The van der Waals surface area contributed by atoms with Gasteiger partial charge in [-0.15, -0.1) is 0 Å². The van der Waals surface area contributed by atoms with Gasteiger partial charge < -0.3 is 10.2 Å². The van der Waals surface area contributed by atoms with Crippen LogP contribution in [0.15, 0.2) is 18.2 Å².